The molecular formula is C10H12ClNO. The molecule has 2 N–H and O–H groups in total. The van der Waals surface area contributed by atoms with Gasteiger partial charge in [-0.25, -0.2) is 0 Å². The first-order valence-corrected chi connectivity index (χ1v) is 4.62. The molecule has 0 fully saturated rings. The number of benzene rings is 1. The Balaban J connectivity index is 2.53. The maximum absolute atomic E-state index is 9.36. The van der Waals surface area contributed by atoms with Crippen LogP contribution in [0.4, 0.5) is 0 Å². The summed E-state index contributed by atoms with van der Waals surface area (Å²) in [6.07, 6.45) is 3.58. The summed E-state index contributed by atoms with van der Waals surface area (Å²) in [7, 11) is 0. The van der Waals surface area contributed by atoms with Crippen molar-refractivity contribution in [2.24, 2.45) is 0 Å². The van der Waals surface area contributed by atoms with E-state index >= 15 is 0 Å². The summed E-state index contributed by atoms with van der Waals surface area (Å²) in [4.78, 5) is 0. The van der Waals surface area contributed by atoms with Gasteiger partial charge in [0.05, 0.1) is 0 Å². The van der Waals surface area contributed by atoms with Crippen molar-refractivity contribution in [1.29, 1.82) is 0 Å². The molecule has 1 aromatic rings. The van der Waals surface area contributed by atoms with E-state index in [2.05, 4.69) is 5.32 Å². The maximum Gasteiger partial charge on any atom is 0.122 e. The number of halogens is 1. The summed E-state index contributed by atoms with van der Waals surface area (Å²) in [5.41, 5.74) is 0.796. The Labute approximate surface area is 82.8 Å². The number of rotatable bonds is 4. The SMILES string of the molecule is Oc1ccccc1C=CNCCCl. The quantitative estimate of drug-likeness (QED) is 0.573. The number of aromatic hydroxyl groups is 1. The fraction of sp³-hybridized carbons (Fsp3) is 0.200. The van der Waals surface area contributed by atoms with E-state index in [0.717, 1.165) is 12.1 Å². The first-order chi connectivity index (χ1) is 6.34. The van der Waals surface area contributed by atoms with Crippen molar-refractivity contribution >= 4 is 17.7 Å². The van der Waals surface area contributed by atoms with Gasteiger partial charge in [0.25, 0.3) is 0 Å². The van der Waals surface area contributed by atoms with Crippen molar-refractivity contribution in [2.75, 3.05) is 12.4 Å². The number of phenolic OH excluding ortho intramolecular Hbond substituents is 1. The minimum atomic E-state index is 0.284. The van der Waals surface area contributed by atoms with Crippen LogP contribution >= 0.6 is 11.6 Å². The third-order valence-corrected chi connectivity index (χ3v) is 1.75. The molecule has 0 heterocycles. The Bertz CT molecular complexity index is 286. The Morgan fingerprint density at radius 1 is 1.38 bits per heavy atom. The largest absolute Gasteiger partial charge is 0.507 e. The molecular weight excluding hydrogens is 186 g/mol. The lowest BCUT2D eigenvalue weighted by Gasteiger charge is -1.98. The molecule has 0 saturated heterocycles. The van der Waals surface area contributed by atoms with Crippen LogP contribution in [0.1, 0.15) is 5.56 Å². The average Bonchev–Trinajstić information content (AvgIpc) is 2.15. The average molecular weight is 198 g/mol. The van der Waals surface area contributed by atoms with Crippen molar-refractivity contribution in [1.82, 2.24) is 5.32 Å². The highest BCUT2D eigenvalue weighted by Gasteiger charge is 1.92. The number of hydrogen-bond donors (Lipinski definition) is 2. The lowest BCUT2D eigenvalue weighted by atomic mass is 10.2. The van der Waals surface area contributed by atoms with Crippen LogP contribution in [0, 0.1) is 0 Å². The molecule has 0 atom stereocenters. The van der Waals surface area contributed by atoms with Crippen LogP contribution in [0.2, 0.25) is 0 Å². The van der Waals surface area contributed by atoms with Crippen LogP contribution in [0.5, 0.6) is 5.75 Å². The highest BCUT2D eigenvalue weighted by Crippen LogP contribution is 2.16. The van der Waals surface area contributed by atoms with Gasteiger partial charge >= 0.3 is 0 Å². The van der Waals surface area contributed by atoms with Gasteiger partial charge in [-0.3, -0.25) is 0 Å². The van der Waals surface area contributed by atoms with E-state index in [1.165, 1.54) is 0 Å². The number of alkyl halides is 1. The second kappa shape index (κ2) is 5.49. The second-order valence-corrected chi connectivity index (χ2v) is 2.91. The predicted octanol–water partition coefficient (Wildman–Crippen LogP) is 2.19. The van der Waals surface area contributed by atoms with E-state index in [9.17, 15) is 5.11 Å². The van der Waals surface area contributed by atoms with E-state index < -0.39 is 0 Å². The van der Waals surface area contributed by atoms with Gasteiger partial charge < -0.3 is 10.4 Å². The number of phenols is 1. The van der Waals surface area contributed by atoms with E-state index in [4.69, 9.17) is 11.6 Å². The molecule has 3 heteroatoms. The van der Waals surface area contributed by atoms with Crippen molar-refractivity contribution < 1.29 is 5.11 Å². The molecule has 0 aliphatic rings. The summed E-state index contributed by atoms with van der Waals surface area (Å²) in [6.45, 7) is 0.728. The molecule has 0 saturated carbocycles. The van der Waals surface area contributed by atoms with Gasteiger partial charge in [-0.1, -0.05) is 18.2 Å². The fourth-order valence-corrected chi connectivity index (χ4v) is 1.02. The van der Waals surface area contributed by atoms with Crippen molar-refractivity contribution in [3.63, 3.8) is 0 Å². The highest BCUT2D eigenvalue weighted by molar-refractivity contribution is 6.18. The first-order valence-electron chi connectivity index (χ1n) is 4.08. The first kappa shape index (κ1) is 9.93. The third-order valence-electron chi connectivity index (χ3n) is 1.56. The molecule has 0 spiro atoms. The third kappa shape index (κ3) is 3.38. The Morgan fingerprint density at radius 2 is 2.15 bits per heavy atom. The van der Waals surface area contributed by atoms with E-state index in [-0.39, 0.29) is 5.75 Å². The van der Waals surface area contributed by atoms with Crippen LogP contribution in [0.25, 0.3) is 6.08 Å². The molecule has 0 aromatic heterocycles. The molecule has 0 bridgehead atoms. The van der Waals surface area contributed by atoms with Crippen LogP contribution in [0.15, 0.2) is 30.5 Å². The molecule has 1 aromatic carbocycles. The summed E-state index contributed by atoms with van der Waals surface area (Å²) < 4.78 is 0. The normalized spacial score (nSPS) is 10.5. The van der Waals surface area contributed by atoms with Gasteiger partial charge in [0.2, 0.25) is 0 Å². The van der Waals surface area contributed by atoms with Crippen LogP contribution < -0.4 is 5.32 Å². The van der Waals surface area contributed by atoms with Gasteiger partial charge in [0, 0.05) is 18.0 Å². The van der Waals surface area contributed by atoms with E-state index in [0.29, 0.717) is 5.88 Å². The lowest BCUT2D eigenvalue weighted by Crippen LogP contribution is -2.07. The molecule has 0 radical (unpaired) electrons. The van der Waals surface area contributed by atoms with E-state index in [1.807, 2.05) is 18.2 Å². The van der Waals surface area contributed by atoms with Gasteiger partial charge in [0.15, 0.2) is 0 Å². The smallest absolute Gasteiger partial charge is 0.122 e. The van der Waals surface area contributed by atoms with Crippen LogP contribution in [-0.4, -0.2) is 17.5 Å². The van der Waals surface area contributed by atoms with Gasteiger partial charge in [-0.2, -0.15) is 0 Å². The fourth-order valence-electron chi connectivity index (χ4n) is 0.915. The number of nitrogens with one attached hydrogen (secondary N) is 1. The monoisotopic (exact) mass is 197 g/mol. The summed E-state index contributed by atoms with van der Waals surface area (Å²) in [5.74, 6) is 0.858. The maximum atomic E-state index is 9.36. The molecule has 2 nitrogen and oxygen atoms in total. The Hall–Kier alpha value is -1.15. The van der Waals surface area contributed by atoms with E-state index in [1.54, 1.807) is 18.3 Å². The molecule has 0 aliphatic carbocycles. The standard InChI is InChI=1S/C10H12ClNO/c11-6-8-12-7-5-9-3-1-2-4-10(9)13/h1-5,7,12-13H,6,8H2. The van der Waals surface area contributed by atoms with Crippen LogP contribution in [0.3, 0.4) is 0 Å². The predicted molar refractivity (Wildman–Crippen MR) is 55.9 cm³/mol. The molecule has 0 amide bonds. The second-order valence-electron chi connectivity index (χ2n) is 2.54. The minimum Gasteiger partial charge on any atom is -0.507 e. The van der Waals surface area contributed by atoms with Crippen molar-refractivity contribution in [3.05, 3.63) is 36.0 Å². The summed E-state index contributed by atoms with van der Waals surface area (Å²) >= 11 is 5.47. The van der Waals surface area contributed by atoms with Gasteiger partial charge in [-0.05, 0) is 18.3 Å². The topological polar surface area (TPSA) is 32.3 Å². The molecule has 70 valence electrons. The minimum absolute atomic E-state index is 0.284. The lowest BCUT2D eigenvalue weighted by molar-refractivity contribution is 0.474. The summed E-state index contributed by atoms with van der Waals surface area (Å²) in [5, 5.41) is 12.3. The van der Waals surface area contributed by atoms with Gasteiger partial charge in [0.1, 0.15) is 5.75 Å². The zero-order valence-electron chi connectivity index (χ0n) is 7.20. The number of para-hydroxylation sites is 1. The molecule has 13 heavy (non-hydrogen) atoms. The zero-order chi connectivity index (χ0) is 9.52. The number of hydrogen-bond acceptors (Lipinski definition) is 2. The Kier molecular flexibility index (Phi) is 4.19. The zero-order valence-corrected chi connectivity index (χ0v) is 7.96. The van der Waals surface area contributed by atoms with Crippen molar-refractivity contribution in [3.8, 4) is 5.75 Å². The van der Waals surface area contributed by atoms with Crippen LogP contribution in [-0.2, 0) is 0 Å². The molecule has 1 rings (SSSR count). The van der Waals surface area contributed by atoms with Crippen molar-refractivity contribution in [2.45, 2.75) is 0 Å². The molecule has 0 unspecified atom stereocenters. The highest BCUT2D eigenvalue weighted by atomic mass is 35.5. The van der Waals surface area contributed by atoms with Gasteiger partial charge in [-0.15, -0.1) is 11.6 Å². The molecule has 0 aliphatic heterocycles. The Morgan fingerprint density at radius 3 is 2.85 bits per heavy atom. The summed E-state index contributed by atoms with van der Waals surface area (Å²) in [6, 6.07) is 7.16.